The van der Waals surface area contributed by atoms with Gasteiger partial charge in [0.15, 0.2) is 4.21 Å². The molecule has 7 nitrogen and oxygen atoms in total. The maximum absolute atomic E-state index is 13.4. The van der Waals surface area contributed by atoms with Crippen LogP contribution in [0.2, 0.25) is 0 Å². The molecule has 196 valence electrons. The number of nitrogens with one attached hydrogen (secondary N) is 2. The Kier molecular flexibility index (Phi) is 6.96. The predicted octanol–water partition coefficient (Wildman–Crippen LogP) is 4.40. The first-order valence-electron chi connectivity index (χ1n) is 12.6. The van der Waals surface area contributed by atoms with E-state index in [0.717, 1.165) is 48.3 Å². The summed E-state index contributed by atoms with van der Waals surface area (Å²) in [5, 5.41) is 13.7. The van der Waals surface area contributed by atoms with Crippen molar-refractivity contribution in [3.05, 3.63) is 84.0 Å². The van der Waals surface area contributed by atoms with Gasteiger partial charge in [-0.2, -0.15) is 4.72 Å². The molecule has 1 unspecified atom stereocenters. The van der Waals surface area contributed by atoms with Gasteiger partial charge in [0.25, 0.3) is 0 Å². The molecule has 0 bridgehead atoms. The minimum Gasteiger partial charge on any atom is -0.480 e. The average molecular weight is 542 g/mol. The lowest BCUT2D eigenvalue weighted by molar-refractivity contribution is -0.140. The second kappa shape index (κ2) is 9.91. The second-order valence-electron chi connectivity index (χ2n) is 10.3. The highest BCUT2D eigenvalue weighted by atomic mass is 35.5. The molecule has 9 heteroatoms. The van der Waals surface area contributed by atoms with Gasteiger partial charge in [0.05, 0.1) is 0 Å². The van der Waals surface area contributed by atoms with Gasteiger partial charge in [-0.1, -0.05) is 66.2 Å². The van der Waals surface area contributed by atoms with Crippen molar-refractivity contribution in [2.45, 2.75) is 47.4 Å². The van der Waals surface area contributed by atoms with Crippen LogP contribution in [0.1, 0.15) is 42.7 Å². The molecule has 1 saturated carbocycles. The Morgan fingerprint density at radius 3 is 2.49 bits per heavy atom. The van der Waals surface area contributed by atoms with Crippen LogP contribution in [-0.2, 0) is 14.8 Å². The van der Waals surface area contributed by atoms with Crippen LogP contribution < -0.4 is 10.0 Å². The molecule has 0 aromatic heterocycles. The third-order valence-electron chi connectivity index (χ3n) is 7.70. The molecule has 0 spiro atoms. The van der Waals surface area contributed by atoms with Gasteiger partial charge in [0.2, 0.25) is 10.0 Å². The van der Waals surface area contributed by atoms with Crippen LogP contribution in [0.4, 0.5) is 5.69 Å². The molecule has 3 aliphatic rings. The average Bonchev–Trinajstić information content (AvgIpc) is 3.61. The van der Waals surface area contributed by atoms with Gasteiger partial charge in [0, 0.05) is 24.1 Å². The second-order valence-corrected chi connectivity index (χ2v) is 13.2. The molecular formula is C28H32ClN3O4S. The van der Waals surface area contributed by atoms with Crippen molar-refractivity contribution in [2.75, 3.05) is 25.5 Å². The number of rotatable bonds is 8. The molecule has 1 aliphatic heterocycles. The normalized spacial score (nSPS) is 28.5. The molecule has 3 N–H and O–H groups in total. The van der Waals surface area contributed by atoms with Crippen molar-refractivity contribution < 1.29 is 18.3 Å². The molecular weight excluding hydrogens is 510 g/mol. The van der Waals surface area contributed by atoms with Gasteiger partial charge in [-0.25, -0.2) is 8.42 Å². The summed E-state index contributed by atoms with van der Waals surface area (Å²) in [6, 6.07) is 17.6. The zero-order chi connectivity index (χ0) is 26.3. The minimum atomic E-state index is -4.22. The largest absolute Gasteiger partial charge is 0.480 e. The fraction of sp³-hybridized carbons (Fsp3) is 0.393. The third kappa shape index (κ3) is 5.21. The predicted molar refractivity (Wildman–Crippen MR) is 147 cm³/mol. The molecule has 2 aromatic rings. The number of sulfonamides is 1. The first kappa shape index (κ1) is 26.0. The van der Waals surface area contributed by atoms with Crippen LogP contribution in [0.5, 0.6) is 0 Å². The van der Waals surface area contributed by atoms with Crippen molar-refractivity contribution >= 4 is 38.9 Å². The summed E-state index contributed by atoms with van der Waals surface area (Å²) in [5.74, 6) is -1.68. The van der Waals surface area contributed by atoms with Crippen LogP contribution in [0.25, 0.3) is 5.57 Å². The summed E-state index contributed by atoms with van der Waals surface area (Å²) in [6.45, 7) is 2.06. The number of carboxylic acid groups (broad SMARTS) is 1. The molecule has 37 heavy (non-hydrogen) atoms. The number of anilines is 1. The number of nitrogens with zero attached hydrogens (tertiary/aromatic N) is 1. The molecule has 5 rings (SSSR count). The number of piperidine rings is 1. The van der Waals surface area contributed by atoms with E-state index >= 15 is 0 Å². The number of hydrogen-bond acceptors (Lipinski definition) is 5. The van der Waals surface area contributed by atoms with E-state index in [1.165, 1.54) is 6.08 Å². The summed E-state index contributed by atoms with van der Waals surface area (Å²) in [4.78, 5) is 14.7. The van der Waals surface area contributed by atoms with Crippen molar-refractivity contribution in [1.29, 1.82) is 0 Å². The molecule has 0 radical (unpaired) electrons. The summed E-state index contributed by atoms with van der Waals surface area (Å²) in [7, 11) is -2.11. The molecule has 2 aromatic carbocycles. The van der Waals surface area contributed by atoms with Gasteiger partial charge < -0.3 is 15.3 Å². The highest BCUT2D eigenvalue weighted by Crippen LogP contribution is 2.53. The van der Waals surface area contributed by atoms with Crippen LogP contribution >= 0.6 is 11.6 Å². The van der Waals surface area contributed by atoms with E-state index in [2.05, 4.69) is 22.0 Å². The molecule has 2 fully saturated rings. The standard InChI is InChI=1S/C28H32ClN3O4S/c1-32-16-12-23(13-17-32)30-24-9-5-8-22(18-24)25-19-28(25,26(33)34)31-37(35,36)27(29)14-10-21(11-15-27)20-6-3-2-4-7-20/h2-11,14,18,23,25,30-31H,12-13,15-17,19H2,1H3,(H,33,34)/t25-,27?,28+/m0/s1. The van der Waals surface area contributed by atoms with E-state index in [4.69, 9.17) is 11.6 Å². The van der Waals surface area contributed by atoms with E-state index in [-0.39, 0.29) is 12.8 Å². The lowest BCUT2D eigenvalue weighted by atomic mass is 9.99. The van der Waals surface area contributed by atoms with Crippen LogP contribution in [0.15, 0.2) is 72.8 Å². The van der Waals surface area contributed by atoms with Gasteiger partial charge in [0.1, 0.15) is 5.54 Å². The molecule has 0 amide bonds. The summed E-state index contributed by atoms with van der Waals surface area (Å²) in [5.41, 5.74) is 1.92. The minimum absolute atomic E-state index is 0.0287. The highest BCUT2D eigenvalue weighted by molar-refractivity contribution is 7.92. The smallest absolute Gasteiger partial charge is 0.325 e. The summed E-state index contributed by atoms with van der Waals surface area (Å²) < 4.78 is 27.6. The van der Waals surface area contributed by atoms with Crippen LogP contribution in [0.3, 0.4) is 0 Å². The Hall–Kier alpha value is -2.65. The number of allylic oxidation sites excluding steroid dienone is 3. The Bertz CT molecular complexity index is 1340. The zero-order valence-corrected chi connectivity index (χ0v) is 22.3. The fourth-order valence-corrected chi connectivity index (χ4v) is 7.03. The van der Waals surface area contributed by atoms with Crippen molar-refractivity contribution in [3.8, 4) is 0 Å². The maximum atomic E-state index is 13.4. The molecule has 2 aliphatic carbocycles. The first-order chi connectivity index (χ1) is 17.6. The Morgan fingerprint density at radius 2 is 1.84 bits per heavy atom. The summed E-state index contributed by atoms with van der Waals surface area (Å²) in [6.07, 6.45) is 7.17. The Labute approximate surface area is 223 Å². The van der Waals surface area contributed by atoms with E-state index < -0.39 is 31.7 Å². The topological polar surface area (TPSA) is 98.7 Å². The van der Waals surface area contributed by atoms with Crippen molar-refractivity contribution in [3.63, 3.8) is 0 Å². The van der Waals surface area contributed by atoms with Gasteiger partial charge in [-0.05, 0) is 74.3 Å². The zero-order valence-electron chi connectivity index (χ0n) is 20.7. The van der Waals surface area contributed by atoms with E-state index in [9.17, 15) is 18.3 Å². The van der Waals surface area contributed by atoms with Crippen molar-refractivity contribution in [2.24, 2.45) is 0 Å². The van der Waals surface area contributed by atoms with Crippen LogP contribution in [0, 0.1) is 0 Å². The lowest BCUT2D eigenvalue weighted by Gasteiger charge is -2.30. The number of carboxylic acids is 1. The quantitative estimate of drug-likeness (QED) is 0.428. The Balaban J connectivity index is 1.31. The first-order valence-corrected chi connectivity index (χ1v) is 14.4. The van der Waals surface area contributed by atoms with Gasteiger partial charge in [-0.15, -0.1) is 0 Å². The van der Waals surface area contributed by atoms with E-state index in [0.29, 0.717) is 6.04 Å². The molecule has 3 atom stereocenters. The number of aliphatic carboxylic acids is 1. The van der Waals surface area contributed by atoms with E-state index in [1.54, 1.807) is 12.2 Å². The molecule has 1 heterocycles. The SMILES string of the molecule is CN1CCC(Nc2cccc([C@@H]3C[C@]3(NS(=O)(=O)C3(Cl)C=CC(c4ccccc4)=CC3)C(=O)O)c2)CC1. The number of carbonyl (C=O) groups is 1. The number of likely N-dealkylation sites (tertiary alicyclic amines) is 1. The number of halogens is 1. The number of benzene rings is 2. The summed E-state index contributed by atoms with van der Waals surface area (Å²) >= 11 is 6.61. The Morgan fingerprint density at radius 1 is 1.11 bits per heavy atom. The van der Waals surface area contributed by atoms with Crippen molar-refractivity contribution in [1.82, 2.24) is 9.62 Å². The lowest BCUT2D eigenvalue weighted by Crippen LogP contribution is -2.51. The highest BCUT2D eigenvalue weighted by Gasteiger charge is 2.64. The monoisotopic (exact) mass is 541 g/mol. The number of hydrogen-bond donors (Lipinski definition) is 3. The maximum Gasteiger partial charge on any atom is 0.325 e. The van der Waals surface area contributed by atoms with Gasteiger partial charge >= 0.3 is 5.97 Å². The van der Waals surface area contributed by atoms with Crippen LogP contribution in [-0.4, -0.2) is 60.3 Å². The van der Waals surface area contributed by atoms with Gasteiger partial charge in [-0.3, -0.25) is 4.79 Å². The third-order valence-corrected chi connectivity index (χ3v) is 10.4. The fourth-order valence-electron chi connectivity index (χ4n) is 5.26. The molecule has 1 saturated heterocycles. The van der Waals surface area contributed by atoms with E-state index in [1.807, 2.05) is 54.6 Å². The number of alkyl halides is 1.